The minimum absolute atomic E-state index is 0.180. The van der Waals surface area contributed by atoms with Crippen LogP contribution in [0.1, 0.15) is 16.7 Å². The lowest BCUT2D eigenvalue weighted by Gasteiger charge is -2.10. The van der Waals surface area contributed by atoms with Gasteiger partial charge in [-0.05, 0) is 37.1 Å². The molecule has 0 amide bonds. The molecule has 0 unspecified atom stereocenters. The summed E-state index contributed by atoms with van der Waals surface area (Å²) in [5, 5.41) is 0.381. The standard InChI is InChI=1S/C14H15ClN2O2S/c1-10-3-5-13(11(2)7-10)20(18,19)17-9-12-4-6-14(15)16-8-12/h3-8,17H,9H2,1-2H3. The Hall–Kier alpha value is -1.43. The van der Waals surface area contributed by atoms with Gasteiger partial charge in [0, 0.05) is 12.7 Å². The maximum Gasteiger partial charge on any atom is 0.241 e. The Morgan fingerprint density at radius 1 is 1.20 bits per heavy atom. The molecule has 106 valence electrons. The molecule has 2 rings (SSSR count). The molecule has 0 saturated carbocycles. The van der Waals surface area contributed by atoms with Crippen molar-refractivity contribution >= 4 is 21.6 Å². The predicted molar refractivity (Wildman–Crippen MR) is 79.2 cm³/mol. The van der Waals surface area contributed by atoms with Crippen LogP contribution < -0.4 is 4.72 Å². The number of halogens is 1. The SMILES string of the molecule is Cc1ccc(S(=O)(=O)NCc2ccc(Cl)nc2)c(C)c1. The first kappa shape index (κ1) is 15.0. The molecule has 0 fully saturated rings. The quantitative estimate of drug-likeness (QED) is 0.883. The molecule has 0 spiro atoms. The Balaban J connectivity index is 2.17. The highest BCUT2D eigenvalue weighted by atomic mass is 35.5. The molecule has 0 bridgehead atoms. The van der Waals surface area contributed by atoms with Crippen molar-refractivity contribution in [1.29, 1.82) is 0 Å². The molecule has 0 radical (unpaired) electrons. The highest BCUT2D eigenvalue weighted by molar-refractivity contribution is 7.89. The summed E-state index contributed by atoms with van der Waals surface area (Å²) in [4.78, 5) is 4.21. The molecule has 1 aromatic carbocycles. The molecule has 4 nitrogen and oxygen atoms in total. The van der Waals surface area contributed by atoms with E-state index >= 15 is 0 Å². The van der Waals surface area contributed by atoms with E-state index in [4.69, 9.17) is 11.6 Å². The third-order valence-corrected chi connectivity index (χ3v) is 4.66. The van der Waals surface area contributed by atoms with Crippen molar-refractivity contribution in [3.63, 3.8) is 0 Å². The van der Waals surface area contributed by atoms with E-state index < -0.39 is 10.0 Å². The van der Waals surface area contributed by atoms with Gasteiger partial charge in [0.25, 0.3) is 0 Å². The van der Waals surface area contributed by atoms with Gasteiger partial charge in [-0.2, -0.15) is 0 Å². The number of hydrogen-bond acceptors (Lipinski definition) is 3. The van der Waals surface area contributed by atoms with Gasteiger partial charge in [-0.25, -0.2) is 18.1 Å². The van der Waals surface area contributed by atoms with Crippen LogP contribution in [0.5, 0.6) is 0 Å². The van der Waals surface area contributed by atoms with Crippen molar-refractivity contribution < 1.29 is 8.42 Å². The number of nitrogens with one attached hydrogen (secondary N) is 1. The molecule has 2 aromatic rings. The molecular weight excluding hydrogens is 296 g/mol. The first-order valence-electron chi connectivity index (χ1n) is 6.06. The number of aryl methyl sites for hydroxylation is 2. The molecule has 1 aromatic heterocycles. The Kier molecular flexibility index (Phi) is 4.42. The Morgan fingerprint density at radius 3 is 2.55 bits per heavy atom. The minimum Gasteiger partial charge on any atom is -0.244 e. The van der Waals surface area contributed by atoms with Crippen LogP contribution in [0, 0.1) is 13.8 Å². The molecule has 0 saturated heterocycles. The van der Waals surface area contributed by atoms with Gasteiger partial charge in [-0.15, -0.1) is 0 Å². The van der Waals surface area contributed by atoms with Gasteiger partial charge in [-0.3, -0.25) is 0 Å². The second-order valence-electron chi connectivity index (χ2n) is 4.58. The average molecular weight is 311 g/mol. The summed E-state index contributed by atoms with van der Waals surface area (Å²) in [6.07, 6.45) is 1.55. The number of benzene rings is 1. The van der Waals surface area contributed by atoms with E-state index in [1.54, 1.807) is 37.4 Å². The van der Waals surface area contributed by atoms with E-state index in [2.05, 4.69) is 9.71 Å². The van der Waals surface area contributed by atoms with Crippen molar-refractivity contribution in [2.45, 2.75) is 25.3 Å². The zero-order valence-corrected chi connectivity index (χ0v) is 12.8. The smallest absolute Gasteiger partial charge is 0.241 e. The molecule has 0 aliphatic heterocycles. The molecule has 0 aliphatic rings. The average Bonchev–Trinajstić information content (AvgIpc) is 2.37. The van der Waals surface area contributed by atoms with Crippen molar-refractivity contribution in [1.82, 2.24) is 9.71 Å². The van der Waals surface area contributed by atoms with Crippen LogP contribution in [0.25, 0.3) is 0 Å². The van der Waals surface area contributed by atoms with Crippen molar-refractivity contribution in [3.05, 3.63) is 58.4 Å². The fourth-order valence-electron chi connectivity index (χ4n) is 1.87. The fourth-order valence-corrected chi connectivity index (χ4v) is 3.22. The molecule has 6 heteroatoms. The summed E-state index contributed by atoms with van der Waals surface area (Å²) < 4.78 is 27.1. The summed E-state index contributed by atoms with van der Waals surface area (Å²) in [5.74, 6) is 0. The van der Waals surface area contributed by atoms with Gasteiger partial charge in [0.2, 0.25) is 10.0 Å². The molecule has 20 heavy (non-hydrogen) atoms. The second-order valence-corrected chi connectivity index (χ2v) is 6.71. The fraction of sp³-hybridized carbons (Fsp3) is 0.214. The Labute approximate surface area is 123 Å². The van der Waals surface area contributed by atoms with Gasteiger partial charge in [0.15, 0.2) is 0 Å². The van der Waals surface area contributed by atoms with Gasteiger partial charge in [0.05, 0.1) is 4.90 Å². The van der Waals surface area contributed by atoms with E-state index in [1.165, 1.54) is 0 Å². The summed E-state index contributed by atoms with van der Waals surface area (Å²) in [6.45, 7) is 3.89. The van der Waals surface area contributed by atoms with Crippen LogP contribution in [-0.2, 0) is 16.6 Å². The van der Waals surface area contributed by atoms with E-state index in [0.717, 1.165) is 16.7 Å². The molecule has 1 N–H and O–H groups in total. The topological polar surface area (TPSA) is 59.1 Å². The maximum atomic E-state index is 12.2. The normalized spacial score (nSPS) is 11.6. The van der Waals surface area contributed by atoms with Crippen molar-refractivity contribution in [2.24, 2.45) is 0 Å². The van der Waals surface area contributed by atoms with Gasteiger partial charge < -0.3 is 0 Å². The van der Waals surface area contributed by atoms with Crippen LogP contribution in [0.4, 0.5) is 0 Å². The van der Waals surface area contributed by atoms with Crippen LogP contribution in [0.15, 0.2) is 41.4 Å². The Bertz CT molecular complexity index is 712. The highest BCUT2D eigenvalue weighted by Gasteiger charge is 2.16. The lowest BCUT2D eigenvalue weighted by Crippen LogP contribution is -2.24. The van der Waals surface area contributed by atoms with Crippen LogP contribution in [-0.4, -0.2) is 13.4 Å². The molecule has 1 heterocycles. The highest BCUT2D eigenvalue weighted by Crippen LogP contribution is 2.16. The zero-order valence-electron chi connectivity index (χ0n) is 11.2. The lowest BCUT2D eigenvalue weighted by molar-refractivity contribution is 0.580. The molecule has 0 aliphatic carbocycles. The number of hydrogen-bond donors (Lipinski definition) is 1. The van der Waals surface area contributed by atoms with Crippen LogP contribution in [0.2, 0.25) is 5.15 Å². The van der Waals surface area contributed by atoms with E-state index in [-0.39, 0.29) is 6.54 Å². The lowest BCUT2D eigenvalue weighted by atomic mass is 10.2. The number of pyridine rings is 1. The maximum absolute atomic E-state index is 12.2. The number of sulfonamides is 1. The number of nitrogens with zero attached hydrogens (tertiary/aromatic N) is 1. The van der Waals surface area contributed by atoms with Gasteiger partial charge in [-0.1, -0.05) is 35.4 Å². The zero-order chi connectivity index (χ0) is 14.8. The summed E-state index contributed by atoms with van der Waals surface area (Å²) in [7, 11) is -3.53. The number of aromatic nitrogens is 1. The summed E-state index contributed by atoms with van der Waals surface area (Å²) in [6, 6.07) is 8.61. The first-order chi connectivity index (χ1) is 9.38. The summed E-state index contributed by atoms with van der Waals surface area (Å²) in [5.41, 5.74) is 2.51. The molecular formula is C14H15ClN2O2S. The number of rotatable bonds is 4. The molecule has 0 atom stereocenters. The first-order valence-corrected chi connectivity index (χ1v) is 7.92. The van der Waals surface area contributed by atoms with Gasteiger partial charge >= 0.3 is 0 Å². The van der Waals surface area contributed by atoms with Crippen LogP contribution in [0.3, 0.4) is 0 Å². The van der Waals surface area contributed by atoms with E-state index in [1.807, 2.05) is 13.0 Å². The van der Waals surface area contributed by atoms with E-state index in [0.29, 0.717) is 10.0 Å². The van der Waals surface area contributed by atoms with Crippen LogP contribution >= 0.6 is 11.6 Å². The summed E-state index contributed by atoms with van der Waals surface area (Å²) >= 11 is 5.68. The second kappa shape index (κ2) is 5.91. The monoisotopic (exact) mass is 310 g/mol. The van der Waals surface area contributed by atoms with Gasteiger partial charge in [0.1, 0.15) is 5.15 Å². The predicted octanol–water partition coefficient (Wildman–Crippen LogP) is 2.83. The largest absolute Gasteiger partial charge is 0.244 e. The van der Waals surface area contributed by atoms with Crippen molar-refractivity contribution in [2.75, 3.05) is 0 Å². The van der Waals surface area contributed by atoms with Crippen molar-refractivity contribution in [3.8, 4) is 0 Å². The third-order valence-electron chi connectivity index (χ3n) is 2.87. The van der Waals surface area contributed by atoms with E-state index in [9.17, 15) is 8.42 Å². The Morgan fingerprint density at radius 2 is 1.95 bits per heavy atom. The third kappa shape index (κ3) is 3.56. The minimum atomic E-state index is -3.53.